The van der Waals surface area contributed by atoms with Gasteiger partial charge in [-0.25, -0.2) is 5.43 Å². The van der Waals surface area contributed by atoms with Gasteiger partial charge in [0.1, 0.15) is 0 Å². The average molecular weight is 394 g/mol. The number of amides is 2. The zero-order chi connectivity index (χ0) is 20.8. The second kappa shape index (κ2) is 9.34. The molecule has 1 heterocycles. The first-order valence-electron chi connectivity index (χ1n) is 9.65. The van der Waals surface area contributed by atoms with Crippen molar-refractivity contribution in [1.29, 1.82) is 0 Å². The Balaban J connectivity index is 1.71. The molecule has 29 heavy (non-hydrogen) atoms. The summed E-state index contributed by atoms with van der Waals surface area (Å²) in [5.74, 6) is -0.430. The number of ether oxygens (including phenoxy) is 1. The highest BCUT2D eigenvalue weighted by molar-refractivity contribution is 6.11. The number of methoxy groups -OCH3 is 1. The van der Waals surface area contributed by atoms with Gasteiger partial charge >= 0.3 is 0 Å². The van der Waals surface area contributed by atoms with Crippen LogP contribution in [0.15, 0.2) is 47.6 Å². The molecule has 0 unspecified atom stereocenters. The molecule has 0 aliphatic heterocycles. The second-order valence-electron chi connectivity index (χ2n) is 6.84. The molecule has 0 aliphatic rings. The van der Waals surface area contributed by atoms with Crippen molar-refractivity contribution in [3.8, 4) is 0 Å². The number of anilines is 1. The molecular weight excluding hydrogens is 368 g/mol. The van der Waals surface area contributed by atoms with Crippen molar-refractivity contribution in [2.24, 2.45) is 5.10 Å². The van der Waals surface area contributed by atoms with Crippen LogP contribution < -0.4 is 10.7 Å². The van der Waals surface area contributed by atoms with E-state index in [1.165, 1.54) is 12.6 Å². The van der Waals surface area contributed by atoms with Gasteiger partial charge in [-0.1, -0.05) is 18.2 Å². The third-order valence-electron chi connectivity index (χ3n) is 4.69. The Kier molecular flexibility index (Phi) is 6.61. The summed E-state index contributed by atoms with van der Waals surface area (Å²) >= 11 is 0. The number of carbonyl (C=O) groups excluding carboxylic acids is 2. The molecule has 0 bridgehead atoms. The third kappa shape index (κ3) is 4.81. The lowest BCUT2D eigenvalue weighted by Gasteiger charge is -2.07. The number of para-hydroxylation sites is 1. The van der Waals surface area contributed by atoms with Crippen LogP contribution in [-0.4, -0.2) is 35.8 Å². The van der Waals surface area contributed by atoms with E-state index in [2.05, 4.69) is 39.5 Å². The van der Waals surface area contributed by atoms with Crippen LogP contribution in [-0.2, 0) is 20.9 Å². The minimum Gasteiger partial charge on any atom is -0.384 e. The molecule has 3 aromatic rings. The summed E-state index contributed by atoms with van der Waals surface area (Å²) in [6, 6.07) is 14.2. The van der Waals surface area contributed by atoms with Crippen LogP contribution in [0.4, 0.5) is 5.69 Å². The maximum absolute atomic E-state index is 12.4. The van der Waals surface area contributed by atoms with Gasteiger partial charge in [-0.15, -0.1) is 0 Å². The van der Waals surface area contributed by atoms with Crippen LogP contribution >= 0.6 is 0 Å². The number of rotatable bonds is 8. The van der Waals surface area contributed by atoms with Gasteiger partial charge in [-0.05, 0) is 38.1 Å². The van der Waals surface area contributed by atoms with Crippen molar-refractivity contribution in [2.45, 2.75) is 33.2 Å². The summed E-state index contributed by atoms with van der Waals surface area (Å²) < 4.78 is 7.10. The van der Waals surface area contributed by atoms with E-state index in [1.54, 1.807) is 6.92 Å². The largest absolute Gasteiger partial charge is 0.384 e. The van der Waals surface area contributed by atoms with Crippen molar-refractivity contribution in [3.63, 3.8) is 0 Å². The lowest BCUT2D eigenvalue weighted by molar-refractivity contribution is -0.122. The fourth-order valence-corrected chi connectivity index (χ4v) is 3.36. The summed E-state index contributed by atoms with van der Waals surface area (Å²) in [6.45, 7) is 5.03. The standard InChI is InChI=1S/C22H26N4O3/c1-4-26-19-8-6-5-7-17(19)18-14-16(9-10-20(18)26)23-22(28)13-15(2)24-25-21(27)11-12-29-3/h5-10,14H,4,11-13H2,1-3H3,(H,23,28)(H,25,27)/b24-15-. The number of carbonyl (C=O) groups is 2. The summed E-state index contributed by atoms with van der Waals surface area (Å²) in [4.78, 5) is 23.9. The quantitative estimate of drug-likeness (QED) is 0.452. The first kappa shape index (κ1) is 20.5. The van der Waals surface area contributed by atoms with Crippen LogP contribution in [0.1, 0.15) is 26.7 Å². The SMILES string of the molecule is CCn1c2ccccc2c2cc(NC(=O)C/C(C)=N\NC(=O)CCOC)ccc21. The maximum atomic E-state index is 12.4. The number of benzene rings is 2. The van der Waals surface area contributed by atoms with Gasteiger partial charge < -0.3 is 14.6 Å². The molecule has 2 N–H and O–H groups in total. The lowest BCUT2D eigenvalue weighted by atomic mass is 10.1. The molecule has 7 nitrogen and oxygen atoms in total. The Morgan fingerprint density at radius 1 is 1.07 bits per heavy atom. The summed E-state index contributed by atoms with van der Waals surface area (Å²) in [7, 11) is 1.53. The summed E-state index contributed by atoms with van der Waals surface area (Å²) in [5, 5.41) is 9.15. The van der Waals surface area contributed by atoms with E-state index < -0.39 is 0 Å². The van der Waals surface area contributed by atoms with E-state index >= 15 is 0 Å². The lowest BCUT2D eigenvalue weighted by Crippen LogP contribution is -2.22. The van der Waals surface area contributed by atoms with Gasteiger partial charge in [0, 0.05) is 46.9 Å². The van der Waals surface area contributed by atoms with E-state index in [-0.39, 0.29) is 24.7 Å². The Bertz CT molecular complexity index is 1070. The van der Waals surface area contributed by atoms with Crippen molar-refractivity contribution < 1.29 is 14.3 Å². The van der Waals surface area contributed by atoms with E-state index in [0.29, 0.717) is 12.3 Å². The number of nitrogens with one attached hydrogen (secondary N) is 2. The average Bonchev–Trinajstić information content (AvgIpc) is 3.03. The van der Waals surface area contributed by atoms with E-state index in [9.17, 15) is 9.59 Å². The fraction of sp³-hybridized carbons (Fsp3) is 0.318. The molecule has 2 amide bonds. The number of hydrazone groups is 1. The number of aromatic nitrogens is 1. The van der Waals surface area contributed by atoms with Crippen molar-refractivity contribution in [3.05, 3.63) is 42.5 Å². The third-order valence-corrected chi connectivity index (χ3v) is 4.69. The minimum atomic E-state index is -0.246. The zero-order valence-electron chi connectivity index (χ0n) is 17.0. The van der Waals surface area contributed by atoms with Crippen LogP contribution in [0, 0.1) is 0 Å². The van der Waals surface area contributed by atoms with Gasteiger partial charge in [0.05, 0.1) is 19.4 Å². The number of nitrogens with zero attached hydrogens (tertiary/aromatic N) is 2. The molecule has 1 aromatic heterocycles. The molecule has 0 saturated carbocycles. The first-order chi connectivity index (χ1) is 14.0. The van der Waals surface area contributed by atoms with Crippen molar-refractivity contribution in [1.82, 2.24) is 9.99 Å². The number of hydrogen-bond donors (Lipinski definition) is 2. The highest BCUT2D eigenvalue weighted by Gasteiger charge is 2.11. The molecule has 0 fully saturated rings. The molecule has 0 spiro atoms. The molecule has 0 radical (unpaired) electrons. The Morgan fingerprint density at radius 3 is 2.59 bits per heavy atom. The van der Waals surface area contributed by atoms with Crippen LogP contribution in [0.2, 0.25) is 0 Å². The second-order valence-corrected chi connectivity index (χ2v) is 6.84. The molecular formula is C22H26N4O3. The highest BCUT2D eigenvalue weighted by Crippen LogP contribution is 2.30. The number of hydrogen-bond acceptors (Lipinski definition) is 4. The predicted octanol–water partition coefficient (Wildman–Crippen LogP) is 3.67. The van der Waals surface area contributed by atoms with Gasteiger partial charge in [-0.3, -0.25) is 9.59 Å². The molecule has 3 rings (SSSR count). The van der Waals surface area contributed by atoms with E-state index in [0.717, 1.165) is 28.5 Å². The summed E-state index contributed by atoms with van der Waals surface area (Å²) in [5.41, 5.74) is 6.01. The van der Waals surface area contributed by atoms with Gasteiger partial charge in [0.15, 0.2) is 0 Å². The van der Waals surface area contributed by atoms with Crippen LogP contribution in [0.5, 0.6) is 0 Å². The van der Waals surface area contributed by atoms with Gasteiger partial charge in [0.25, 0.3) is 0 Å². The minimum absolute atomic E-state index is 0.0965. The molecule has 0 saturated heterocycles. The van der Waals surface area contributed by atoms with Crippen molar-refractivity contribution >= 4 is 45.0 Å². The van der Waals surface area contributed by atoms with Crippen LogP contribution in [0.3, 0.4) is 0 Å². The maximum Gasteiger partial charge on any atom is 0.242 e. The number of fused-ring (bicyclic) bond motifs is 3. The Labute approximate surface area is 169 Å². The Morgan fingerprint density at radius 2 is 1.83 bits per heavy atom. The number of aryl methyl sites for hydroxylation is 1. The summed E-state index contributed by atoms with van der Waals surface area (Å²) in [6.07, 6.45) is 0.324. The van der Waals surface area contributed by atoms with Gasteiger partial charge in [-0.2, -0.15) is 5.10 Å². The fourth-order valence-electron chi connectivity index (χ4n) is 3.36. The zero-order valence-corrected chi connectivity index (χ0v) is 17.0. The van der Waals surface area contributed by atoms with E-state index in [4.69, 9.17) is 4.74 Å². The van der Waals surface area contributed by atoms with E-state index in [1.807, 2.05) is 30.3 Å². The topological polar surface area (TPSA) is 84.7 Å². The Hall–Kier alpha value is -3.19. The van der Waals surface area contributed by atoms with Crippen LogP contribution in [0.25, 0.3) is 21.8 Å². The van der Waals surface area contributed by atoms with Gasteiger partial charge in [0.2, 0.25) is 11.8 Å². The normalized spacial score (nSPS) is 11.8. The molecule has 0 aliphatic carbocycles. The molecule has 7 heteroatoms. The monoisotopic (exact) mass is 394 g/mol. The molecule has 152 valence electrons. The molecule has 0 atom stereocenters. The molecule has 2 aromatic carbocycles. The predicted molar refractivity (Wildman–Crippen MR) is 116 cm³/mol. The van der Waals surface area contributed by atoms with Crippen molar-refractivity contribution in [2.75, 3.05) is 19.0 Å². The first-order valence-corrected chi connectivity index (χ1v) is 9.65. The highest BCUT2D eigenvalue weighted by atomic mass is 16.5. The smallest absolute Gasteiger partial charge is 0.242 e.